The highest BCUT2D eigenvalue weighted by molar-refractivity contribution is 5.93. The fraction of sp³-hybridized carbons (Fsp3) is 0.344. The van der Waals surface area contributed by atoms with Gasteiger partial charge in [-0.2, -0.15) is 0 Å². The Morgan fingerprint density at radius 3 is 2.49 bits per heavy atom. The number of aromatic nitrogens is 4. The molecule has 1 aliphatic heterocycles. The standard InChI is InChI=1S/C32H35FN6O2/c1-4-11-41-30-10-7-23(18-39-20(2)15-34-16-21(39)3)12-26(30)31-36-27-14-28-29(13-25(27)32(40)37-31)38(19-35-28)17-22-5-8-24(33)9-6-22/h5-10,12-14,19-21,34H,4,11,15-18H2,1-3H3,(H,36,37,40). The first-order chi connectivity index (χ1) is 19.9. The lowest BCUT2D eigenvalue weighted by Gasteiger charge is -2.39. The Morgan fingerprint density at radius 2 is 1.73 bits per heavy atom. The second-order valence-corrected chi connectivity index (χ2v) is 11.0. The van der Waals surface area contributed by atoms with Crippen LogP contribution in [-0.2, 0) is 13.1 Å². The molecule has 0 amide bonds. The van der Waals surface area contributed by atoms with E-state index in [1.54, 1.807) is 18.5 Å². The molecule has 0 radical (unpaired) electrons. The summed E-state index contributed by atoms with van der Waals surface area (Å²) in [5, 5.41) is 3.97. The van der Waals surface area contributed by atoms with Crippen molar-refractivity contribution in [2.24, 2.45) is 0 Å². The van der Waals surface area contributed by atoms with Crippen LogP contribution in [0.1, 0.15) is 38.3 Å². The smallest absolute Gasteiger partial charge is 0.259 e. The van der Waals surface area contributed by atoms with Crippen LogP contribution in [0.25, 0.3) is 33.3 Å². The zero-order chi connectivity index (χ0) is 28.5. The van der Waals surface area contributed by atoms with Crippen molar-refractivity contribution in [3.8, 4) is 17.1 Å². The average Bonchev–Trinajstić information content (AvgIpc) is 3.35. The van der Waals surface area contributed by atoms with E-state index in [0.717, 1.165) is 53.8 Å². The van der Waals surface area contributed by atoms with E-state index in [4.69, 9.17) is 9.72 Å². The Hall–Kier alpha value is -4.08. The zero-order valence-corrected chi connectivity index (χ0v) is 23.7. The highest BCUT2D eigenvalue weighted by Gasteiger charge is 2.25. The molecule has 0 aliphatic carbocycles. The molecule has 41 heavy (non-hydrogen) atoms. The number of H-pyrrole nitrogens is 1. The summed E-state index contributed by atoms with van der Waals surface area (Å²) in [6.07, 6.45) is 2.61. The van der Waals surface area contributed by atoms with E-state index in [0.29, 0.717) is 47.7 Å². The van der Waals surface area contributed by atoms with Gasteiger partial charge in [0, 0.05) is 38.3 Å². The van der Waals surface area contributed by atoms with Gasteiger partial charge in [0.2, 0.25) is 0 Å². The minimum absolute atomic E-state index is 0.224. The first kappa shape index (κ1) is 27.1. The zero-order valence-electron chi connectivity index (χ0n) is 23.7. The SMILES string of the molecule is CCCOc1ccc(CN2C(C)CNCC2C)cc1-c1nc2cc3ncn(Cc4ccc(F)cc4)c3cc2c(=O)[nH]1. The number of aromatic amines is 1. The Balaban J connectivity index is 1.38. The summed E-state index contributed by atoms with van der Waals surface area (Å²) in [4.78, 5) is 28.4. The quantitative estimate of drug-likeness (QED) is 0.278. The van der Waals surface area contributed by atoms with Crippen LogP contribution in [0.5, 0.6) is 5.75 Å². The Kier molecular flexibility index (Phi) is 7.55. The van der Waals surface area contributed by atoms with E-state index in [2.05, 4.69) is 53.1 Å². The number of nitrogens with one attached hydrogen (secondary N) is 2. The van der Waals surface area contributed by atoms with E-state index in [9.17, 15) is 9.18 Å². The second kappa shape index (κ2) is 11.4. The van der Waals surface area contributed by atoms with Gasteiger partial charge in [-0.25, -0.2) is 14.4 Å². The van der Waals surface area contributed by atoms with Gasteiger partial charge in [-0.1, -0.05) is 25.1 Å². The molecule has 2 unspecified atom stereocenters. The molecule has 0 saturated carbocycles. The average molecular weight is 555 g/mol. The van der Waals surface area contributed by atoms with E-state index in [1.807, 2.05) is 22.8 Å². The minimum Gasteiger partial charge on any atom is -0.493 e. The molecule has 3 heterocycles. The van der Waals surface area contributed by atoms with Gasteiger partial charge in [0.15, 0.2) is 0 Å². The molecule has 2 atom stereocenters. The monoisotopic (exact) mass is 554 g/mol. The first-order valence-electron chi connectivity index (χ1n) is 14.3. The van der Waals surface area contributed by atoms with Gasteiger partial charge in [-0.15, -0.1) is 0 Å². The third kappa shape index (κ3) is 5.60. The van der Waals surface area contributed by atoms with Crippen LogP contribution in [0, 0.1) is 5.82 Å². The number of imidazole rings is 1. The molecule has 1 fully saturated rings. The van der Waals surface area contributed by atoms with Crippen molar-refractivity contribution in [1.82, 2.24) is 29.7 Å². The number of piperazine rings is 1. The first-order valence-corrected chi connectivity index (χ1v) is 14.3. The van der Waals surface area contributed by atoms with Crippen LogP contribution in [0.2, 0.25) is 0 Å². The molecular weight excluding hydrogens is 519 g/mol. The Morgan fingerprint density at radius 1 is 0.976 bits per heavy atom. The van der Waals surface area contributed by atoms with Crippen LogP contribution >= 0.6 is 0 Å². The molecule has 1 aliphatic rings. The van der Waals surface area contributed by atoms with E-state index in [-0.39, 0.29) is 11.4 Å². The Bertz CT molecular complexity index is 1740. The maximum Gasteiger partial charge on any atom is 0.259 e. The summed E-state index contributed by atoms with van der Waals surface area (Å²) in [6.45, 7) is 10.4. The van der Waals surface area contributed by atoms with Crippen LogP contribution < -0.4 is 15.6 Å². The lowest BCUT2D eigenvalue weighted by atomic mass is 10.0. The van der Waals surface area contributed by atoms with Gasteiger partial charge in [0.1, 0.15) is 17.4 Å². The van der Waals surface area contributed by atoms with Gasteiger partial charge in [0.05, 0.1) is 40.4 Å². The van der Waals surface area contributed by atoms with Gasteiger partial charge in [-0.05, 0) is 67.8 Å². The van der Waals surface area contributed by atoms with E-state index in [1.165, 1.54) is 12.1 Å². The van der Waals surface area contributed by atoms with Crippen molar-refractivity contribution >= 4 is 21.9 Å². The molecule has 1 saturated heterocycles. The molecule has 3 aromatic carbocycles. The number of nitrogens with zero attached hydrogens (tertiary/aromatic N) is 4. The number of halogens is 1. The van der Waals surface area contributed by atoms with Crippen LogP contribution in [0.4, 0.5) is 4.39 Å². The highest BCUT2D eigenvalue weighted by atomic mass is 19.1. The van der Waals surface area contributed by atoms with Gasteiger partial charge in [-0.3, -0.25) is 9.69 Å². The summed E-state index contributed by atoms with van der Waals surface area (Å²) >= 11 is 0. The van der Waals surface area contributed by atoms with Crippen molar-refractivity contribution in [1.29, 1.82) is 0 Å². The van der Waals surface area contributed by atoms with Crippen LogP contribution in [0.3, 0.4) is 0 Å². The molecule has 6 rings (SSSR count). The van der Waals surface area contributed by atoms with Crippen molar-refractivity contribution in [2.75, 3.05) is 19.7 Å². The summed E-state index contributed by atoms with van der Waals surface area (Å²) in [6, 6.07) is 17.1. The van der Waals surface area contributed by atoms with Gasteiger partial charge >= 0.3 is 0 Å². The van der Waals surface area contributed by atoms with Crippen LogP contribution in [-0.4, -0.2) is 56.2 Å². The highest BCUT2D eigenvalue weighted by Crippen LogP contribution is 2.31. The summed E-state index contributed by atoms with van der Waals surface area (Å²) in [5.41, 5.74) is 4.75. The molecule has 2 aromatic heterocycles. The normalized spacial score (nSPS) is 17.9. The molecule has 212 valence electrons. The second-order valence-electron chi connectivity index (χ2n) is 11.0. The number of rotatable bonds is 8. The lowest BCUT2D eigenvalue weighted by Crippen LogP contribution is -2.54. The predicted octanol–water partition coefficient (Wildman–Crippen LogP) is 5.10. The molecule has 0 spiro atoms. The molecule has 5 aromatic rings. The molecule has 0 bridgehead atoms. The topological polar surface area (TPSA) is 88.1 Å². The van der Waals surface area contributed by atoms with Gasteiger partial charge < -0.3 is 19.6 Å². The Labute approximate surface area is 238 Å². The number of hydrogen-bond donors (Lipinski definition) is 2. The third-order valence-corrected chi connectivity index (χ3v) is 7.85. The third-order valence-electron chi connectivity index (χ3n) is 7.85. The maximum absolute atomic E-state index is 13.4. The van der Waals surface area contributed by atoms with E-state index >= 15 is 0 Å². The molecule has 2 N–H and O–H groups in total. The number of benzene rings is 3. The van der Waals surface area contributed by atoms with Crippen molar-refractivity contribution in [3.63, 3.8) is 0 Å². The number of fused-ring (bicyclic) bond motifs is 2. The summed E-state index contributed by atoms with van der Waals surface area (Å²) in [5.74, 6) is 0.900. The van der Waals surface area contributed by atoms with Gasteiger partial charge in [0.25, 0.3) is 5.56 Å². The number of ether oxygens (including phenoxy) is 1. The number of hydrogen-bond acceptors (Lipinski definition) is 6. The summed E-state index contributed by atoms with van der Waals surface area (Å²) < 4.78 is 21.4. The predicted molar refractivity (Wildman–Crippen MR) is 160 cm³/mol. The lowest BCUT2D eigenvalue weighted by molar-refractivity contribution is 0.109. The largest absolute Gasteiger partial charge is 0.493 e. The van der Waals surface area contributed by atoms with Crippen molar-refractivity contribution in [3.05, 3.63) is 88.2 Å². The molecule has 9 heteroatoms. The fourth-order valence-electron chi connectivity index (χ4n) is 5.62. The van der Waals surface area contributed by atoms with Crippen LogP contribution in [0.15, 0.2) is 65.7 Å². The minimum atomic E-state index is -0.273. The van der Waals surface area contributed by atoms with Crippen molar-refractivity contribution < 1.29 is 9.13 Å². The summed E-state index contributed by atoms with van der Waals surface area (Å²) in [7, 11) is 0. The fourth-order valence-corrected chi connectivity index (χ4v) is 5.62. The molecular formula is C32H35FN6O2. The maximum atomic E-state index is 13.4. The van der Waals surface area contributed by atoms with E-state index < -0.39 is 0 Å². The molecule has 8 nitrogen and oxygen atoms in total. The van der Waals surface area contributed by atoms with Crippen molar-refractivity contribution in [2.45, 2.75) is 52.4 Å².